The first-order valence-electron chi connectivity index (χ1n) is 13.8. The van der Waals surface area contributed by atoms with Crippen molar-refractivity contribution in [2.75, 3.05) is 49.2 Å². The summed E-state index contributed by atoms with van der Waals surface area (Å²) in [5, 5.41) is 26.6. The third-order valence-electron chi connectivity index (χ3n) is 8.15. The average Bonchev–Trinajstić information content (AvgIpc) is 3.77. The van der Waals surface area contributed by atoms with Crippen LogP contribution in [0.25, 0.3) is 22.3 Å². The largest absolute Gasteiger partial charge is 0.388 e. The highest BCUT2D eigenvalue weighted by Crippen LogP contribution is 2.31. The molecule has 0 bridgehead atoms. The van der Waals surface area contributed by atoms with E-state index in [1.165, 1.54) is 12.1 Å². The van der Waals surface area contributed by atoms with Crippen LogP contribution in [0.5, 0.6) is 0 Å². The Morgan fingerprint density at radius 1 is 0.952 bits per heavy atom. The second kappa shape index (κ2) is 10.4. The number of benzene rings is 1. The first kappa shape index (κ1) is 26.4. The lowest BCUT2D eigenvalue weighted by Crippen LogP contribution is -2.47. The van der Waals surface area contributed by atoms with Crippen molar-refractivity contribution in [2.45, 2.75) is 24.7 Å². The molecule has 6 heterocycles. The number of hydrogen-bond acceptors (Lipinski definition) is 10. The van der Waals surface area contributed by atoms with Gasteiger partial charge in [-0.2, -0.15) is 5.10 Å². The Hall–Kier alpha value is -4.46. The number of H-pyrrole nitrogens is 1. The van der Waals surface area contributed by atoms with E-state index < -0.39 is 11.7 Å². The second-order valence-electron chi connectivity index (χ2n) is 10.8. The quantitative estimate of drug-likeness (QED) is 0.278. The van der Waals surface area contributed by atoms with Gasteiger partial charge in [0.05, 0.1) is 30.5 Å². The van der Waals surface area contributed by atoms with Crippen molar-refractivity contribution in [1.29, 1.82) is 0 Å². The minimum absolute atomic E-state index is 0.196. The Kier molecular flexibility index (Phi) is 6.56. The highest BCUT2D eigenvalue weighted by Gasteiger charge is 2.30. The van der Waals surface area contributed by atoms with Gasteiger partial charge >= 0.3 is 0 Å². The number of aromatic nitrogens is 7. The summed E-state index contributed by atoms with van der Waals surface area (Å²) in [5.74, 6) is 1.07. The van der Waals surface area contributed by atoms with E-state index >= 15 is 0 Å². The maximum absolute atomic E-state index is 13.3. The molecule has 3 N–H and O–H groups in total. The SMILES string of the molecule is C[C@](O)(c1ccc(F)cc1)c1cnc(N2CCN(c3ncnc4[nH]c(-c5cnn(C6COC[C@@H]6O)c5)cc34)CC2)nc1. The predicted molar refractivity (Wildman–Crippen MR) is 153 cm³/mol. The predicted octanol–water partition coefficient (Wildman–Crippen LogP) is 2.27. The molecule has 2 saturated heterocycles. The van der Waals surface area contributed by atoms with E-state index in [0.29, 0.717) is 56.5 Å². The number of nitrogens with zero attached hydrogens (tertiary/aromatic N) is 8. The van der Waals surface area contributed by atoms with E-state index in [2.05, 4.69) is 39.8 Å². The molecule has 4 aromatic heterocycles. The van der Waals surface area contributed by atoms with Gasteiger partial charge < -0.3 is 29.7 Å². The van der Waals surface area contributed by atoms with Crippen LogP contribution in [-0.2, 0) is 10.3 Å². The third-order valence-corrected chi connectivity index (χ3v) is 8.15. The van der Waals surface area contributed by atoms with Gasteiger partial charge in [0, 0.05) is 55.9 Å². The third kappa shape index (κ3) is 4.74. The molecular weight excluding hydrogens is 541 g/mol. The van der Waals surface area contributed by atoms with Gasteiger partial charge in [0.15, 0.2) is 0 Å². The molecule has 2 aliphatic heterocycles. The van der Waals surface area contributed by atoms with Crippen molar-refractivity contribution < 1.29 is 19.3 Å². The summed E-state index contributed by atoms with van der Waals surface area (Å²) in [5.41, 5.74) is 2.25. The zero-order valence-corrected chi connectivity index (χ0v) is 22.9. The highest BCUT2D eigenvalue weighted by atomic mass is 19.1. The molecule has 0 aliphatic carbocycles. The molecule has 3 atom stereocenters. The van der Waals surface area contributed by atoms with Gasteiger partial charge in [-0.05, 0) is 30.7 Å². The van der Waals surface area contributed by atoms with Crippen LogP contribution in [-0.4, -0.2) is 90.4 Å². The number of aliphatic hydroxyl groups is 2. The lowest BCUT2D eigenvalue weighted by atomic mass is 9.90. The fourth-order valence-electron chi connectivity index (χ4n) is 5.57. The van der Waals surface area contributed by atoms with Crippen LogP contribution in [0.3, 0.4) is 0 Å². The first-order chi connectivity index (χ1) is 20.4. The minimum atomic E-state index is -1.34. The van der Waals surface area contributed by atoms with Gasteiger partial charge in [-0.1, -0.05) is 12.1 Å². The maximum Gasteiger partial charge on any atom is 0.225 e. The number of halogens is 1. The van der Waals surface area contributed by atoms with Crippen LogP contribution in [0.2, 0.25) is 0 Å². The average molecular weight is 572 g/mol. The minimum Gasteiger partial charge on any atom is -0.388 e. The number of hydrogen-bond donors (Lipinski definition) is 3. The van der Waals surface area contributed by atoms with Crippen molar-refractivity contribution in [1.82, 2.24) is 34.7 Å². The van der Waals surface area contributed by atoms with E-state index in [-0.39, 0.29) is 11.9 Å². The van der Waals surface area contributed by atoms with E-state index in [4.69, 9.17) is 4.74 Å². The van der Waals surface area contributed by atoms with Crippen LogP contribution in [0.15, 0.2) is 61.4 Å². The molecule has 0 amide bonds. The van der Waals surface area contributed by atoms with Crippen molar-refractivity contribution in [3.63, 3.8) is 0 Å². The van der Waals surface area contributed by atoms with Crippen LogP contribution >= 0.6 is 0 Å². The van der Waals surface area contributed by atoms with Gasteiger partial charge in [-0.3, -0.25) is 4.68 Å². The topological polar surface area (TPSA) is 141 Å². The van der Waals surface area contributed by atoms with Crippen LogP contribution < -0.4 is 9.80 Å². The van der Waals surface area contributed by atoms with Crippen molar-refractivity contribution in [3.8, 4) is 11.3 Å². The van der Waals surface area contributed by atoms with Crippen molar-refractivity contribution in [3.05, 3.63) is 78.4 Å². The summed E-state index contributed by atoms with van der Waals surface area (Å²) in [4.78, 5) is 25.8. The zero-order chi connectivity index (χ0) is 28.8. The standard InChI is InChI=1S/C29H30FN9O3/c1-29(41,19-2-4-21(30)5-3-19)20-12-31-28(32-13-20)38-8-6-37(7-9-38)27-22-10-23(36-26(22)33-17-34-27)18-11-35-39(14-18)24-15-42-16-25(24)40/h2-5,10-14,17,24-25,40-41H,6-9,15-16H2,1H3,(H,33,34,36)/t24?,25-,29-/m0/s1. The molecule has 216 valence electrons. The fourth-order valence-corrected chi connectivity index (χ4v) is 5.57. The first-order valence-corrected chi connectivity index (χ1v) is 13.8. The number of nitrogens with one attached hydrogen (secondary N) is 1. The Bertz CT molecular complexity index is 1700. The van der Waals surface area contributed by atoms with Crippen LogP contribution in [0.4, 0.5) is 16.2 Å². The zero-order valence-electron chi connectivity index (χ0n) is 22.9. The molecular formula is C29H30FN9O3. The van der Waals surface area contributed by atoms with Crippen LogP contribution in [0, 0.1) is 5.82 Å². The summed E-state index contributed by atoms with van der Waals surface area (Å²) >= 11 is 0. The number of rotatable bonds is 6. The van der Waals surface area contributed by atoms with E-state index in [1.54, 1.807) is 48.7 Å². The fraction of sp³-hybridized carbons (Fsp3) is 0.345. The van der Waals surface area contributed by atoms with Gasteiger partial charge in [0.1, 0.15) is 41.4 Å². The summed E-state index contributed by atoms with van der Waals surface area (Å²) in [6.45, 7) is 5.19. The molecule has 5 aromatic rings. The summed E-state index contributed by atoms with van der Waals surface area (Å²) in [6.07, 6.45) is 7.91. The van der Waals surface area contributed by atoms with E-state index in [9.17, 15) is 14.6 Å². The van der Waals surface area contributed by atoms with Crippen LogP contribution in [0.1, 0.15) is 24.1 Å². The summed E-state index contributed by atoms with van der Waals surface area (Å²) in [7, 11) is 0. The Labute approximate surface area is 240 Å². The van der Waals surface area contributed by atoms with Gasteiger partial charge in [-0.15, -0.1) is 0 Å². The molecule has 0 radical (unpaired) electrons. The second-order valence-corrected chi connectivity index (χ2v) is 10.8. The van der Waals surface area contributed by atoms with Gasteiger partial charge in [0.2, 0.25) is 5.95 Å². The highest BCUT2D eigenvalue weighted by molar-refractivity contribution is 5.91. The molecule has 0 spiro atoms. The number of ether oxygens (including phenoxy) is 1. The number of anilines is 2. The maximum atomic E-state index is 13.3. The number of aromatic amines is 1. The van der Waals surface area contributed by atoms with Gasteiger partial charge in [0.25, 0.3) is 0 Å². The summed E-state index contributed by atoms with van der Waals surface area (Å²) < 4.78 is 20.5. The monoisotopic (exact) mass is 571 g/mol. The lowest BCUT2D eigenvalue weighted by molar-refractivity contribution is 0.101. The summed E-state index contributed by atoms with van der Waals surface area (Å²) in [6, 6.07) is 7.61. The Morgan fingerprint density at radius 3 is 2.40 bits per heavy atom. The number of piperazine rings is 1. The molecule has 42 heavy (non-hydrogen) atoms. The Morgan fingerprint density at radius 2 is 1.69 bits per heavy atom. The molecule has 1 aromatic carbocycles. The number of fused-ring (bicyclic) bond motifs is 1. The molecule has 12 nitrogen and oxygen atoms in total. The van der Waals surface area contributed by atoms with Gasteiger partial charge in [-0.25, -0.2) is 24.3 Å². The van der Waals surface area contributed by atoms with E-state index in [1.807, 2.05) is 12.3 Å². The molecule has 7 rings (SSSR count). The van der Waals surface area contributed by atoms with Crippen molar-refractivity contribution in [2.24, 2.45) is 0 Å². The molecule has 1 unspecified atom stereocenters. The smallest absolute Gasteiger partial charge is 0.225 e. The Balaban J connectivity index is 1.05. The molecule has 2 aliphatic rings. The molecule has 13 heteroatoms. The van der Waals surface area contributed by atoms with E-state index in [0.717, 1.165) is 28.1 Å². The lowest BCUT2D eigenvalue weighted by Gasteiger charge is -2.35. The molecule has 2 fully saturated rings. The van der Waals surface area contributed by atoms with Crippen molar-refractivity contribution >= 4 is 22.8 Å². The molecule has 0 saturated carbocycles. The normalized spacial score (nSPS) is 20.8. The number of aliphatic hydroxyl groups excluding tert-OH is 1.